The number of carbonyl (C=O) groups excluding carboxylic acids is 2. The second-order valence-electron chi connectivity index (χ2n) is 9.69. The molecule has 6 atom stereocenters. The third kappa shape index (κ3) is 4.48. The first kappa shape index (κ1) is 24.7. The molecule has 194 valence electrons. The van der Waals surface area contributed by atoms with Crippen LogP contribution < -0.4 is 0 Å². The van der Waals surface area contributed by atoms with Gasteiger partial charge in [-0.25, -0.2) is 0 Å². The number of rotatable bonds is 7. The Morgan fingerprint density at radius 3 is 2.16 bits per heavy atom. The molecule has 3 aromatic carbocycles. The Balaban J connectivity index is 1.38. The van der Waals surface area contributed by atoms with Crippen molar-refractivity contribution in [3.05, 3.63) is 120 Å². The molecule has 3 aliphatic rings. The predicted octanol–water partition coefficient (Wildman–Crippen LogP) is 4.69. The summed E-state index contributed by atoms with van der Waals surface area (Å²) in [5, 5.41) is 0. The molecule has 6 rings (SSSR count). The largest absolute Gasteiger partial charge is 0.368 e. The van der Waals surface area contributed by atoms with E-state index >= 15 is 0 Å². The topological polar surface area (TPSA) is 74.3 Å². The third-order valence-corrected chi connectivity index (χ3v) is 7.33. The van der Waals surface area contributed by atoms with Crippen molar-refractivity contribution < 1.29 is 28.5 Å². The number of hydrogen-bond acceptors (Lipinski definition) is 6. The average Bonchev–Trinajstić information content (AvgIpc) is 3.22. The molecule has 0 radical (unpaired) electrons. The molecule has 0 unspecified atom stereocenters. The first-order valence-corrected chi connectivity index (χ1v) is 12.9. The fourth-order valence-corrected chi connectivity index (χ4v) is 5.56. The van der Waals surface area contributed by atoms with Crippen molar-refractivity contribution in [2.45, 2.75) is 49.8 Å². The maximum absolute atomic E-state index is 13.6. The molecule has 38 heavy (non-hydrogen) atoms. The van der Waals surface area contributed by atoms with Gasteiger partial charge in [0.05, 0.1) is 36.5 Å². The van der Waals surface area contributed by atoms with Crippen LogP contribution in [-0.2, 0) is 25.6 Å². The van der Waals surface area contributed by atoms with Gasteiger partial charge in [-0.3, -0.25) is 14.5 Å². The zero-order chi connectivity index (χ0) is 26.1. The maximum atomic E-state index is 13.6. The molecule has 2 saturated heterocycles. The standard InChI is InChI=1S/C31H29NO6/c1-2-11-24-26(32-29(33)22-16-9-10-17-23(22)30(32)34)28(35-18-20-12-5-3-6-13-20)27-25(37-24)19-36-31(38-27)21-14-7-4-8-15-21/h2-10,12-17,24-28,31H,1,11,18-19H2/t24-,25+,26-,27+,28+,31+/m0/s1. The molecule has 0 N–H and O–H groups in total. The number of hydrogen-bond donors (Lipinski definition) is 0. The summed E-state index contributed by atoms with van der Waals surface area (Å²) < 4.78 is 25.6. The van der Waals surface area contributed by atoms with Gasteiger partial charge in [-0.15, -0.1) is 6.58 Å². The Morgan fingerprint density at radius 2 is 1.50 bits per heavy atom. The summed E-state index contributed by atoms with van der Waals surface area (Å²) in [6, 6.07) is 25.6. The lowest BCUT2D eigenvalue weighted by molar-refractivity contribution is -0.324. The summed E-state index contributed by atoms with van der Waals surface area (Å²) in [7, 11) is 0. The van der Waals surface area contributed by atoms with Gasteiger partial charge in [-0.05, 0) is 24.1 Å². The second-order valence-corrected chi connectivity index (χ2v) is 9.69. The zero-order valence-corrected chi connectivity index (χ0v) is 20.8. The minimum atomic E-state index is -0.722. The molecule has 0 saturated carbocycles. The quantitative estimate of drug-likeness (QED) is 0.338. The first-order chi connectivity index (χ1) is 18.7. The fraction of sp³-hybridized carbons (Fsp3) is 0.290. The van der Waals surface area contributed by atoms with Crippen molar-refractivity contribution in [3.8, 4) is 0 Å². The van der Waals surface area contributed by atoms with Gasteiger partial charge in [-0.2, -0.15) is 0 Å². The van der Waals surface area contributed by atoms with E-state index in [4.69, 9.17) is 18.9 Å². The van der Waals surface area contributed by atoms with Gasteiger partial charge in [0, 0.05) is 5.56 Å². The van der Waals surface area contributed by atoms with E-state index in [1.807, 2.05) is 60.7 Å². The normalized spacial score (nSPS) is 28.6. The van der Waals surface area contributed by atoms with Crippen LogP contribution in [0, 0.1) is 0 Å². The number of fused-ring (bicyclic) bond motifs is 2. The predicted molar refractivity (Wildman–Crippen MR) is 139 cm³/mol. The van der Waals surface area contributed by atoms with Crippen LogP contribution in [0.3, 0.4) is 0 Å². The number of carbonyl (C=O) groups is 2. The molecule has 7 nitrogen and oxygen atoms in total. The van der Waals surface area contributed by atoms with Crippen LogP contribution in [0.15, 0.2) is 97.6 Å². The van der Waals surface area contributed by atoms with Crippen LogP contribution in [0.1, 0.15) is 44.6 Å². The Morgan fingerprint density at radius 1 is 0.868 bits per heavy atom. The van der Waals surface area contributed by atoms with Crippen LogP contribution >= 0.6 is 0 Å². The number of nitrogens with zero attached hydrogens (tertiary/aromatic N) is 1. The minimum absolute atomic E-state index is 0.287. The van der Waals surface area contributed by atoms with Gasteiger partial charge in [0.25, 0.3) is 11.8 Å². The van der Waals surface area contributed by atoms with Crippen LogP contribution in [-0.4, -0.2) is 53.8 Å². The Labute approximate surface area is 221 Å². The monoisotopic (exact) mass is 511 g/mol. The number of imide groups is 1. The van der Waals surface area contributed by atoms with Gasteiger partial charge in [0.2, 0.25) is 0 Å². The summed E-state index contributed by atoms with van der Waals surface area (Å²) in [6.07, 6.45) is -0.660. The van der Waals surface area contributed by atoms with E-state index in [0.29, 0.717) is 17.5 Å². The molecule has 3 aliphatic heterocycles. The van der Waals surface area contributed by atoms with Crippen molar-refractivity contribution >= 4 is 11.8 Å². The first-order valence-electron chi connectivity index (χ1n) is 12.9. The van der Waals surface area contributed by atoms with E-state index < -0.39 is 36.7 Å². The van der Waals surface area contributed by atoms with E-state index in [9.17, 15) is 9.59 Å². The van der Waals surface area contributed by atoms with Crippen molar-refractivity contribution in [1.82, 2.24) is 4.90 Å². The van der Waals surface area contributed by atoms with E-state index in [0.717, 1.165) is 11.1 Å². The lowest BCUT2D eigenvalue weighted by atomic mass is 9.88. The minimum Gasteiger partial charge on any atom is -0.368 e. The Hall–Kier alpha value is -3.62. The van der Waals surface area contributed by atoms with Crippen LogP contribution in [0.2, 0.25) is 0 Å². The lowest BCUT2D eigenvalue weighted by Crippen LogP contribution is -2.67. The summed E-state index contributed by atoms with van der Waals surface area (Å²) >= 11 is 0. The van der Waals surface area contributed by atoms with E-state index in [1.165, 1.54) is 4.90 Å². The SMILES string of the molecule is C=CC[C@@H]1O[C@@H]2CO[C@@H](c3ccccc3)O[C@H]2[C@H](OCc2ccccc2)[C@H]1N1C(=O)c2ccccc2C1=O. The van der Waals surface area contributed by atoms with Crippen molar-refractivity contribution in [2.24, 2.45) is 0 Å². The van der Waals surface area contributed by atoms with Crippen LogP contribution in [0.4, 0.5) is 0 Å². The number of amides is 2. The summed E-state index contributed by atoms with van der Waals surface area (Å²) in [5.74, 6) is -0.710. The molecule has 3 aromatic rings. The molecule has 0 aromatic heterocycles. The van der Waals surface area contributed by atoms with Gasteiger partial charge in [0.15, 0.2) is 6.29 Å². The molecular weight excluding hydrogens is 482 g/mol. The maximum Gasteiger partial charge on any atom is 0.261 e. The summed E-state index contributed by atoms with van der Waals surface area (Å²) in [6.45, 7) is 4.47. The molecule has 2 amide bonds. The van der Waals surface area contributed by atoms with Crippen molar-refractivity contribution in [1.29, 1.82) is 0 Å². The molecule has 0 aliphatic carbocycles. The smallest absolute Gasteiger partial charge is 0.261 e. The van der Waals surface area contributed by atoms with E-state index in [1.54, 1.807) is 30.3 Å². The Kier molecular flexibility index (Phi) is 6.91. The highest BCUT2D eigenvalue weighted by Crippen LogP contribution is 2.40. The van der Waals surface area contributed by atoms with Gasteiger partial charge >= 0.3 is 0 Å². The van der Waals surface area contributed by atoms with Gasteiger partial charge in [-0.1, -0.05) is 78.9 Å². The molecule has 0 bridgehead atoms. The molecule has 0 spiro atoms. The van der Waals surface area contributed by atoms with E-state index in [-0.39, 0.29) is 25.0 Å². The van der Waals surface area contributed by atoms with Crippen molar-refractivity contribution in [2.75, 3.05) is 6.61 Å². The fourth-order valence-electron chi connectivity index (χ4n) is 5.56. The molecular formula is C31H29NO6. The number of ether oxygens (including phenoxy) is 4. The summed E-state index contributed by atoms with van der Waals surface area (Å²) in [5.41, 5.74) is 2.62. The summed E-state index contributed by atoms with van der Waals surface area (Å²) in [4.78, 5) is 28.6. The zero-order valence-electron chi connectivity index (χ0n) is 20.8. The lowest BCUT2D eigenvalue weighted by Gasteiger charge is -2.51. The Bertz CT molecular complexity index is 1280. The second kappa shape index (κ2) is 10.6. The van der Waals surface area contributed by atoms with Gasteiger partial charge in [0.1, 0.15) is 18.3 Å². The van der Waals surface area contributed by atoms with Crippen LogP contribution in [0.5, 0.6) is 0 Å². The molecule has 2 fully saturated rings. The van der Waals surface area contributed by atoms with Gasteiger partial charge < -0.3 is 18.9 Å². The van der Waals surface area contributed by atoms with Crippen LogP contribution in [0.25, 0.3) is 0 Å². The van der Waals surface area contributed by atoms with E-state index in [2.05, 4.69) is 6.58 Å². The molecule has 7 heteroatoms. The highest BCUT2D eigenvalue weighted by Gasteiger charge is 2.56. The van der Waals surface area contributed by atoms with Crippen molar-refractivity contribution in [3.63, 3.8) is 0 Å². The third-order valence-electron chi connectivity index (χ3n) is 7.33. The highest BCUT2D eigenvalue weighted by atomic mass is 16.7. The number of benzene rings is 3. The average molecular weight is 512 g/mol. The highest BCUT2D eigenvalue weighted by molar-refractivity contribution is 6.21. The molecule has 3 heterocycles.